The highest BCUT2D eigenvalue weighted by Gasteiger charge is 2.26. The molecule has 1 aromatic carbocycles. The molecular formula is C13H20N2O3S. The van der Waals surface area contributed by atoms with Crippen LogP contribution in [0.4, 0.5) is 5.69 Å². The summed E-state index contributed by atoms with van der Waals surface area (Å²) in [6.07, 6.45) is 1.59. The molecule has 0 aromatic heterocycles. The van der Waals surface area contributed by atoms with Crippen LogP contribution in [0.15, 0.2) is 24.3 Å². The summed E-state index contributed by atoms with van der Waals surface area (Å²) in [6.45, 7) is 1.11. The quantitative estimate of drug-likeness (QED) is 0.878. The van der Waals surface area contributed by atoms with Crippen LogP contribution in [-0.2, 0) is 21.3 Å². The lowest BCUT2D eigenvalue weighted by molar-refractivity contribution is 0.127. The molecule has 1 fully saturated rings. The van der Waals surface area contributed by atoms with E-state index in [1.165, 1.54) is 4.31 Å². The van der Waals surface area contributed by atoms with Crippen LogP contribution in [0.1, 0.15) is 18.4 Å². The zero-order valence-electron chi connectivity index (χ0n) is 11.1. The summed E-state index contributed by atoms with van der Waals surface area (Å²) < 4.78 is 31.2. The summed E-state index contributed by atoms with van der Waals surface area (Å²) in [4.78, 5) is 0. The van der Waals surface area contributed by atoms with Crippen molar-refractivity contribution in [1.82, 2.24) is 0 Å². The van der Waals surface area contributed by atoms with Crippen LogP contribution >= 0.6 is 0 Å². The van der Waals surface area contributed by atoms with Gasteiger partial charge in [0.05, 0.1) is 17.5 Å². The number of ether oxygens (including phenoxy) is 1. The lowest BCUT2D eigenvalue weighted by atomic mass is 10.2. The van der Waals surface area contributed by atoms with Crippen molar-refractivity contribution in [2.45, 2.75) is 25.5 Å². The topological polar surface area (TPSA) is 72.6 Å². The second-order valence-corrected chi connectivity index (χ2v) is 6.80. The summed E-state index contributed by atoms with van der Waals surface area (Å²) in [7, 11) is -1.77. The number of nitrogens with two attached hydrogens (primary N) is 1. The Labute approximate surface area is 114 Å². The van der Waals surface area contributed by atoms with Crippen molar-refractivity contribution in [1.29, 1.82) is 0 Å². The average molecular weight is 284 g/mol. The van der Waals surface area contributed by atoms with Crippen molar-refractivity contribution >= 4 is 15.7 Å². The highest BCUT2D eigenvalue weighted by atomic mass is 32.2. The monoisotopic (exact) mass is 284 g/mol. The van der Waals surface area contributed by atoms with Crippen molar-refractivity contribution in [3.63, 3.8) is 0 Å². The maximum atomic E-state index is 12.3. The summed E-state index contributed by atoms with van der Waals surface area (Å²) in [5.41, 5.74) is 7.15. The molecule has 1 aliphatic rings. The van der Waals surface area contributed by atoms with Gasteiger partial charge < -0.3 is 10.5 Å². The fourth-order valence-electron chi connectivity index (χ4n) is 2.13. The number of benzene rings is 1. The van der Waals surface area contributed by atoms with Gasteiger partial charge in [0.15, 0.2) is 0 Å². The second-order valence-electron chi connectivity index (χ2n) is 4.75. The van der Waals surface area contributed by atoms with Crippen LogP contribution in [-0.4, -0.2) is 33.9 Å². The van der Waals surface area contributed by atoms with E-state index in [0.717, 1.165) is 18.4 Å². The summed E-state index contributed by atoms with van der Waals surface area (Å²) in [6, 6.07) is 7.23. The van der Waals surface area contributed by atoms with E-state index in [1.54, 1.807) is 19.2 Å². The fraction of sp³-hybridized carbons (Fsp3) is 0.538. The van der Waals surface area contributed by atoms with Gasteiger partial charge in [-0.15, -0.1) is 0 Å². The molecule has 1 unspecified atom stereocenters. The number of hydrogen-bond acceptors (Lipinski definition) is 4. The van der Waals surface area contributed by atoms with E-state index in [9.17, 15) is 8.42 Å². The molecule has 2 rings (SSSR count). The van der Waals surface area contributed by atoms with Gasteiger partial charge in [-0.1, -0.05) is 12.1 Å². The fourth-order valence-corrected chi connectivity index (χ4v) is 3.52. The molecule has 5 nitrogen and oxygen atoms in total. The minimum absolute atomic E-state index is 0.0438. The van der Waals surface area contributed by atoms with Gasteiger partial charge in [-0.2, -0.15) is 0 Å². The third-order valence-corrected chi connectivity index (χ3v) is 5.21. The average Bonchev–Trinajstić information content (AvgIpc) is 2.90. The molecule has 0 saturated carbocycles. The van der Waals surface area contributed by atoms with Crippen LogP contribution < -0.4 is 10.0 Å². The highest BCUT2D eigenvalue weighted by molar-refractivity contribution is 7.92. The van der Waals surface area contributed by atoms with Gasteiger partial charge in [0, 0.05) is 20.2 Å². The Balaban J connectivity index is 2.09. The summed E-state index contributed by atoms with van der Waals surface area (Å²) in [5, 5.41) is 0. The van der Waals surface area contributed by atoms with Gasteiger partial charge in [0.25, 0.3) is 0 Å². The van der Waals surface area contributed by atoms with Gasteiger partial charge in [0.1, 0.15) is 0 Å². The maximum absolute atomic E-state index is 12.3. The van der Waals surface area contributed by atoms with E-state index in [1.807, 2.05) is 12.1 Å². The van der Waals surface area contributed by atoms with E-state index in [0.29, 0.717) is 18.8 Å². The third kappa shape index (κ3) is 3.46. The minimum atomic E-state index is -3.34. The van der Waals surface area contributed by atoms with Crippen molar-refractivity contribution in [2.75, 3.05) is 23.7 Å². The summed E-state index contributed by atoms with van der Waals surface area (Å²) in [5.74, 6) is 0.0438. The Hall–Kier alpha value is -1.11. The van der Waals surface area contributed by atoms with Gasteiger partial charge >= 0.3 is 0 Å². The number of hydrogen-bond donors (Lipinski definition) is 1. The molecule has 2 N–H and O–H groups in total. The molecule has 106 valence electrons. The standard InChI is InChI=1S/C13H20N2O3S/c1-15(12-6-4-11(9-14)5-7-12)19(16,17)10-13-3-2-8-18-13/h4-7,13H,2-3,8-10,14H2,1H3. The van der Waals surface area contributed by atoms with Crippen molar-refractivity contribution in [3.05, 3.63) is 29.8 Å². The normalized spacial score (nSPS) is 19.6. The predicted molar refractivity (Wildman–Crippen MR) is 75.5 cm³/mol. The summed E-state index contributed by atoms with van der Waals surface area (Å²) >= 11 is 0. The number of sulfonamides is 1. The highest BCUT2D eigenvalue weighted by Crippen LogP contribution is 2.20. The Morgan fingerprint density at radius 2 is 2.05 bits per heavy atom. The predicted octanol–water partition coefficient (Wildman–Crippen LogP) is 1.09. The first-order valence-corrected chi connectivity index (χ1v) is 8.01. The third-order valence-electron chi connectivity index (χ3n) is 3.37. The van der Waals surface area contributed by atoms with Crippen LogP contribution in [0.25, 0.3) is 0 Å². The van der Waals surface area contributed by atoms with Crippen LogP contribution in [0.2, 0.25) is 0 Å². The molecule has 0 spiro atoms. The largest absolute Gasteiger partial charge is 0.377 e. The van der Waals surface area contributed by atoms with Gasteiger partial charge in [-0.3, -0.25) is 4.31 Å². The number of nitrogens with zero attached hydrogens (tertiary/aromatic N) is 1. The molecule has 6 heteroatoms. The van der Waals surface area contributed by atoms with Crippen LogP contribution in [0, 0.1) is 0 Å². The first kappa shape index (κ1) is 14.3. The Morgan fingerprint density at radius 1 is 1.37 bits per heavy atom. The molecule has 1 heterocycles. The lowest BCUT2D eigenvalue weighted by Gasteiger charge is -2.21. The Morgan fingerprint density at radius 3 is 2.58 bits per heavy atom. The lowest BCUT2D eigenvalue weighted by Crippen LogP contribution is -2.33. The smallest absolute Gasteiger partial charge is 0.237 e. The molecule has 1 aromatic rings. The van der Waals surface area contributed by atoms with Gasteiger partial charge in [0.2, 0.25) is 10.0 Å². The molecule has 1 saturated heterocycles. The molecule has 0 aliphatic carbocycles. The first-order valence-electron chi connectivity index (χ1n) is 6.40. The minimum Gasteiger partial charge on any atom is -0.377 e. The number of anilines is 1. The molecular weight excluding hydrogens is 264 g/mol. The second kappa shape index (κ2) is 5.90. The van der Waals surface area contributed by atoms with Crippen molar-refractivity contribution < 1.29 is 13.2 Å². The maximum Gasteiger partial charge on any atom is 0.237 e. The Kier molecular flexibility index (Phi) is 4.44. The molecule has 0 radical (unpaired) electrons. The van der Waals surface area contributed by atoms with Gasteiger partial charge in [-0.25, -0.2) is 8.42 Å². The molecule has 1 atom stereocenters. The van der Waals surface area contributed by atoms with Crippen molar-refractivity contribution in [2.24, 2.45) is 5.73 Å². The van der Waals surface area contributed by atoms with Gasteiger partial charge in [-0.05, 0) is 30.5 Å². The van der Waals surface area contributed by atoms with E-state index in [4.69, 9.17) is 10.5 Å². The first-order chi connectivity index (χ1) is 9.03. The molecule has 19 heavy (non-hydrogen) atoms. The van der Waals surface area contributed by atoms with E-state index >= 15 is 0 Å². The SMILES string of the molecule is CN(c1ccc(CN)cc1)S(=O)(=O)CC1CCCO1. The Bertz CT molecular complexity index is 507. The number of rotatable bonds is 5. The molecule has 0 amide bonds. The zero-order valence-corrected chi connectivity index (χ0v) is 11.9. The van der Waals surface area contributed by atoms with Crippen molar-refractivity contribution in [3.8, 4) is 0 Å². The molecule has 1 aliphatic heterocycles. The van der Waals surface area contributed by atoms with Crippen LogP contribution in [0.3, 0.4) is 0 Å². The van der Waals surface area contributed by atoms with E-state index < -0.39 is 10.0 Å². The van der Waals surface area contributed by atoms with E-state index in [-0.39, 0.29) is 11.9 Å². The zero-order chi connectivity index (χ0) is 13.9. The molecule has 0 bridgehead atoms. The van der Waals surface area contributed by atoms with Crippen LogP contribution in [0.5, 0.6) is 0 Å². The van der Waals surface area contributed by atoms with E-state index in [2.05, 4.69) is 0 Å².